The fourth-order valence-electron chi connectivity index (χ4n) is 0.988. The lowest BCUT2D eigenvalue weighted by molar-refractivity contribution is 1.06. The molecule has 0 aliphatic heterocycles. The number of hydrogen-bond acceptors (Lipinski definition) is 5. The molecule has 0 bridgehead atoms. The average molecular weight is 242 g/mol. The molecule has 0 radical (unpaired) electrons. The van der Waals surface area contributed by atoms with Gasteiger partial charge < -0.3 is 5.73 Å². The van der Waals surface area contributed by atoms with E-state index in [1.54, 1.807) is 12.1 Å². The minimum atomic E-state index is 0.0363. The summed E-state index contributed by atoms with van der Waals surface area (Å²) < 4.78 is 0. The van der Waals surface area contributed by atoms with E-state index in [2.05, 4.69) is 19.9 Å². The summed E-state index contributed by atoms with van der Waals surface area (Å²) in [5.41, 5.74) is 5.96. The molecular formula is C8H5Cl2N5. The molecule has 15 heavy (non-hydrogen) atoms. The van der Waals surface area contributed by atoms with Crippen LogP contribution in [0.4, 0.5) is 5.95 Å². The first-order valence-corrected chi connectivity index (χ1v) is 4.70. The predicted molar refractivity (Wildman–Crippen MR) is 57.5 cm³/mol. The van der Waals surface area contributed by atoms with Gasteiger partial charge in [-0.05, 0) is 23.7 Å². The van der Waals surface area contributed by atoms with Gasteiger partial charge in [0.2, 0.25) is 11.2 Å². The third kappa shape index (κ3) is 2.31. The molecule has 0 amide bonds. The maximum absolute atomic E-state index is 5.70. The number of halogens is 2. The third-order valence-corrected chi connectivity index (χ3v) is 1.97. The van der Waals surface area contributed by atoms with Crippen molar-refractivity contribution in [3.8, 4) is 11.5 Å². The van der Waals surface area contributed by atoms with Crippen LogP contribution >= 0.6 is 23.2 Å². The van der Waals surface area contributed by atoms with E-state index in [1.807, 2.05) is 0 Å². The van der Waals surface area contributed by atoms with E-state index in [0.717, 1.165) is 0 Å². The first kappa shape index (κ1) is 10.1. The van der Waals surface area contributed by atoms with Crippen molar-refractivity contribution in [2.75, 3.05) is 5.73 Å². The van der Waals surface area contributed by atoms with Crippen molar-refractivity contribution in [1.29, 1.82) is 0 Å². The molecule has 76 valence electrons. The topological polar surface area (TPSA) is 77.6 Å². The zero-order valence-corrected chi connectivity index (χ0v) is 8.87. The summed E-state index contributed by atoms with van der Waals surface area (Å²) in [5, 5.41) is 0.570. The normalized spacial score (nSPS) is 10.3. The summed E-state index contributed by atoms with van der Waals surface area (Å²) >= 11 is 11.3. The van der Waals surface area contributed by atoms with Crippen LogP contribution in [0.15, 0.2) is 18.3 Å². The molecule has 2 heterocycles. The number of pyridine rings is 1. The van der Waals surface area contributed by atoms with Crippen LogP contribution < -0.4 is 5.73 Å². The molecule has 2 aromatic rings. The molecule has 0 saturated heterocycles. The molecule has 0 atom stereocenters. The summed E-state index contributed by atoms with van der Waals surface area (Å²) in [6.45, 7) is 0. The second-order valence-corrected chi connectivity index (χ2v) is 3.42. The Kier molecular flexibility index (Phi) is 2.66. The Bertz CT molecular complexity index is 465. The minimum Gasteiger partial charge on any atom is -0.368 e. The number of nitrogens with zero attached hydrogens (tertiary/aromatic N) is 4. The number of anilines is 1. The van der Waals surface area contributed by atoms with Crippen LogP contribution in [0.1, 0.15) is 0 Å². The lowest BCUT2D eigenvalue weighted by Gasteiger charge is -2.00. The highest BCUT2D eigenvalue weighted by Gasteiger charge is 2.06. The molecule has 0 spiro atoms. The van der Waals surface area contributed by atoms with Gasteiger partial charge in [0.1, 0.15) is 5.69 Å². The van der Waals surface area contributed by atoms with Gasteiger partial charge in [0.05, 0.1) is 5.02 Å². The molecule has 2 rings (SSSR count). The van der Waals surface area contributed by atoms with Gasteiger partial charge in [-0.15, -0.1) is 0 Å². The van der Waals surface area contributed by atoms with Crippen molar-refractivity contribution in [3.63, 3.8) is 0 Å². The molecule has 0 aliphatic carbocycles. The highest BCUT2D eigenvalue weighted by Crippen LogP contribution is 2.16. The molecule has 5 nitrogen and oxygen atoms in total. The highest BCUT2D eigenvalue weighted by molar-refractivity contribution is 6.30. The van der Waals surface area contributed by atoms with Crippen LogP contribution in [0, 0.1) is 0 Å². The maximum Gasteiger partial charge on any atom is 0.227 e. The summed E-state index contributed by atoms with van der Waals surface area (Å²) in [4.78, 5) is 15.5. The first-order chi connectivity index (χ1) is 7.15. The highest BCUT2D eigenvalue weighted by atomic mass is 35.5. The monoisotopic (exact) mass is 241 g/mol. The van der Waals surface area contributed by atoms with E-state index in [1.165, 1.54) is 6.20 Å². The van der Waals surface area contributed by atoms with Crippen LogP contribution in [-0.4, -0.2) is 19.9 Å². The van der Waals surface area contributed by atoms with Gasteiger partial charge in [0.25, 0.3) is 0 Å². The zero-order valence-electron chi connectivity index (χ0n) is 7.35. The second kappa shape index (κ2) is 3.96. The van der Waals surface area contributed by atoms with Crippen molar-refractivity contribution < 1.29 is 0 Å². The summed E-state index contributed by atoms with van der Waals surface area (Å²) in [7, 11) is 0. The fourth-order valence-corrected chi connectivity index (χ4v) is 1.27. The molecule has 2 N–H and O–H groups in total. The number of nitrogens with two attached hydrogens (primary N) is 1. The summed E-state index contributed by atoms with van der Waals surface area (Å²) in [6, 6.07) is 3.35. The Morgan fingerprint density at radius 3 is 2.47 bits per heavy atom. The Morgan fingerprint density at radius 2 is 1.87 bits per heavy atom. The molecule has 0 unspecified atom stereocenters. The second-order valence-electron chi connectivity index (χ2n) is 2.65. The first-order valence-electron chi connectivity index (χ1n) is 3.94. The summed E-state index contributed by atoms with van der Waals surface area (Å²) in [5.74, 6) is 0.380. The van der Waals surface area contributed by atoms with E-state index >= 15 is 0 Å². The fraction of sp³-hybridized carbons (Fsp3) is 0. The van der Waals surface area contributed by atoms with Crippen molar-refractivity contribution in [3.05, 3.63) is 28.6 Å². The van der Waals surface area contributed by atoms with Gasteiger partial charge >= 0.3 is 0 Å². The van der Waals surface area contributed by atoms with Gasteiger partial charge in [-0.2, -0.15) is 15.0 Å². The Balaban J connectivity index is 2.49. The standard InChI is InChI=1S/C8H5Cl2N5/c9-4-1-2-5(12-3-4)6-13-7(10)15-8(11)14-6/h1-3H,(H2,11,13,14,15). The number of rotatable bonds is 1. The minimum absolute atomic E-state index is 0.0363. The van der Waals surface area contributed by atoms with Gasteiger partial charge in [-0.1, -0.05) is 11.6 Å². The van der Waals surface area contributed by atoms with E-state index in [0.29, 0.717) is 16.5 Å². The number of aromatic nitrogens is 4. The smallest absolute Gasteiger partial charge is 0.227 e. The van der Waals surface area contributed by atoms with E-state index < -0.39 is 0 Å². The predicted octanol–water partition coefficient (Wildman–Crippen LogP) is 1.82. The van der Waals surface area contributed by atoms with Crippen LogP contribution in [-0.2, 0) is 0 Å². The summed E-state index contributed by atoms with van der Waals surface area (Å²) in [6.07, 6.45) is 1.49. The van der Waals surface area contributed by atoms with Crippen LogP contribution in [0.2, 0.25) is 10.3 Å². The lowest BCUT2D eigenvalue weighted by Crippen LogP contribution is -2.00. The van der Waals surface area contributed by atoms with Crippen molar-refractivity contribution in [2.24, 2.45) is 0 Å². The zero-order chi connectivity index (χ0) is 10.8. The van der Waals surface area contributed by atoms with Crippen molar-refractivity contribution in [2.45, 2.75) is 0 Å². The van der Waals surface area contributed by atoms with Crippen molar-refractivity contribution in [1.82, 2.24) is 19.9 Å². The van der Waals surface area contributed by atoms with E-state index in [4.69, 9.17) is 28.9 Å². The Hall–Kier alpha value is -1.46. The molecule has 2 aromatic heterocycles. The van der Waals surface area contributed by atoms with Crippen LogP contribution in [0.25, 0.3) is 11.5 Å². The third-order valence-electron chi connectivity index (χ3n) is 1.58. The molecular weight excluding hydrogens is 237 g/mol. The number of hydrogen-bond donors (Lipinski definition) is 1. The largest absolute Gasteiger partial charge is 0.368 e. The van der Waals surface area contributed by atoms with Gasteiger partial charge in [0.15, 0.2) is 5.82 Å². The van der Waals surface area contributed by atoms with Crippen LogP contribution in [0.5, 0.6) is 0 Å². The molecule has 7 heteroatoms. The molecule has 0 saturated carbocycles. The van der Waals surface area contributed by atoms with Crippen molar-refractivity contribution >= 4 is 29.2 Å². The quantitative estimate of drug-likeness (QED) is 0.825. The number of nitrogen functional groups attached to an aromatic ring is 1. The lowest BCUT2D eigenvalue weighted by atomic mass is 10.3. The Morgan fingerprint density at radius 1 is 1.07 bits per heavy atom. The SMILES string of the molecule is Nc1nc(Cl)nc(-c2ccc(Cl)cn2)n1. The molecule has 0 fully saturated rings. The average Bonchev–Trinajstić information content (AvgIpc) is 2.17. The van der Waals surface area contributed by atoms with Gasteiger partial charge in [-0.25, -0.2) is 0 Å². The molecule has 0 aliphatic rings. The molecule has 0 aromatic carbocycles. The van der Waals surface area contributed by atoms with E-state index in [9.17, 15) is 0 Å². The maximum atomic E-state index is 5.70. The Labute approximate surface area is 95.3 Å². The van der Waals surface area contributed by atoms with E-state index in [-0.39, 0.29) is 11.2 Å². The van der Waals surface area contributed by atoms with Crippen LogP contribution in [0.3, 0.4) is 0 Å². The van der Waals surface area contributed by atoms with Gasteiger partial charge in [-0.3, -0.25) is 4.98 Å². The van der Waals surface area contributed by atoms with Gasteiger partial charge in [0, 0.05) is 6.20 Å².